The van der Waals surface area contributed by atoms with E-state index < -0.39 is 0 Å². The molecule has 19 heavy (non-hydrogen) atoms. The molecule has 0 aromatic heterocycles. The van der Waals surface area contributed by atoms with E-state index in [1.54, 1.807) is 0 Å². The van der Waals surface area contributed by atoms with Gasteiger partial charge >= 0.3 is 0 Å². The molecule has 1 aromatic rings. The van der Waals surface area contributed by atoms with Crippen LogP contribution in [0, 0.1) is 0 Å². The van der Waals surface area contributed by atoms with Crippen molar-refractivity contribution in [1.29, 1.82) is 0 Å². The first-order valence-corrected chi connectivity index (χ1v) is 7.79. The first-order chi connectivity index (χ1) is 9.38. The van der Waals surface area contributed by atoms with Gasteiger partial charge in [0.05, 0.1) is 0 Å². The van der Waals surface area contributed by atoms with Crippen LogP contribution in [-0.2, 0) is 0 Å². The van der Waals surface area contributed by atoms with Crippen molar-refractivity contribution in [1.82, 2.24) is 9.80 Å². The third-order valence-electron chi connectivity index (χ3n) is 3.57. The molecule has 0 unspecified atom stereocenters. The van der Waals surface area contributed by atoms with Crippen molar-refractivity contribution in [3.8, 4) is 0 Å². The highest BCUT2D eigenvalue weighted by molar-refractivity contribution is 7.80. The Labute approximate surface area is 122 Å². The number of rotatable bonds is 6. The Kier molecular flexibility index (Phi) is 6.48. The van der Waals surface area contributed by atoms with E-state index in [2.05, 4.69) is 64.9 Å². The van der Waals surface area contributed by atoms with Crippen molar-refractivity contribution >= 4 is 18.7 Å². The van der Waals surface area contributed by atoms with Crippen molar-refractivity contribution in [2.75, 3.05) is 45.0 Å². The van der Waals surface area contributed by atoms with E-state index in [4.69, 9.17) is 0 Å². The summed E-state index contributed by atoms with van der Waals surface area (Å²) in [6, 6.07) is 10.5. The minimum atomic E-state index is 1.00. The fourth-order valence-electron chi connectivity index (χ4n) is 2.39. The van der Waals surface area contributed by atoms with Gasteiger partial charge in [-0.2, -0.15) is 12.6 Å². The van der Waals surface area contributed by atoms with Crippen LogP contribution in [0.2, 0.25) is 0 Å². The molecule has 0 bridgehead atoms. The fraction of sp³-hybridized carbons (Fsp3) is 0.500. The van der Waals surface area contributed by atoms with Crippen LogP contribution in [0.15, 0.2) is 36.4 Å². The zero-order chi connectivity index (χ0) is 13.3. The van der Waals surface area contributed by atoms with Crippen LogP contribution < -0.4 is 0 Å². The summed E-state index contributed by atoms with van der Waals surface area (Å²) in [4.78, 5) is 5.07. The maximum atomic E-state index is 4.27. The van der Waals surface area contributed by atoms with Crippen LogP contribution in [0.25, 0.3) is 6.08 Å². The molecular formula is C16H24N2S. The van der Waals surface area contributed by atoms with Crippen LogP contribution in [0.3, 0.4) is 0 Å². The molecule has 2 rings (SSSR count). The Balaban J connectivity index is 1.67. The van der Waals surface area contributed by atoms with Gasteiger partial charge in [0.15, 0.2) is 0 Å². The molecule has 1 aromatic carbocycles. The van der Waals surface area contributed by atoms with Crippen LogP contribution in [0.4, 0.5) is 0 Å². The van der Waals surface area contributed by atoms with Gasteiger partial charge in [0.2, 0.25) is 0 Å². The Hall–Kier alpha value is -0.770. The molecule has 0 aliphatic carbocycles. The molecule has 1 saturated heterocycles. The highest BCUT2D eigenvalue weighted by atomic mass is 32.1. The second-order valence-electron chi connectivity index (χ2n) is 5.03. The van der Waals surface area contributed by atoms with Gasteiger partial charge in [-0.3, -0.25) is 4.90 Å². The predicted molar refractivity (Wildman–Crippen MR) is 86.8 cm³/mol. The van der Waals surface area contributed by atoms with Gasteiger partial charge in [-0.05, 0) is 24.3 Å². The highest BCUT2D eigenvalue weighted by Gasteiger charge is 2.14. The van der Waals surface area contributed by atoms with Gasteiger partial charge in [0, 0.05) is 32.7 Å². The number of nitrogens with zero attached hydrogens (tertiary/aromatic N) is 2. The van der Waals surface area contributed by atoms with Crippen molar-refractivity contribution in [2.24, 2.45) is 0 Å². The number of thiol groups is 1. The zero-order valence-corrected chi connectivity index (χ0v) is 12.4. The van der Waals surface area contributed by atoms with E-state index in [9.17, 15) is 0 Å². The topological polar surface area (TPSA) is 6.48 Å². The van der Waals surface area contributed by atoms with Crippen molar-refractivity contribution in [3.63, 3.8) is 0 Å². The lowest BCUT2D eigenvalue weighted by molar-refractivity contribution is 0.143. The van der Waals surface area contributed by atoms with Gasteiger partial charge in [-0.15, -0.1) is 0 Å². The summed E-state index contributed by atoms with van der Waals surface area (Å²) in [5, 5.41) is 0. The summed E-state index contributed by atoms with van der Waals surface area (Å²) >= 11 is 4.27. The Morgan fingerprint density at radius 1 is 1.00 bits per heavy atom. The molecule has 0 radical (unpaired) electrons. The Bertz CT molecular complexity index is 370. The molecular weight excluding hydrogens is 252 g/mol. The molecule has 1 heterocycles. The number of hydrogen-bond acceptors (Lipinski definition) is 3. The predicted octanol–water partition coefficient (Wildman–Crippen LogP) is 2.64. The smallest absolute Gasteiger partial charge is 0.0167 e. The largest absolute Gasteiger partial charge is 0.301 e. The van der Waals surface area contributed by atoms with Gasteiger partial charge in [-0.25, -0.2) is 0 Å². The van der Waals surface area contributed by atoms with E-state index in [0.717, 1.165) is 12.3 Å². The molecule has 104 valence electrons. The lowest BCUT2D eigenvalue weighted by Gasteiger charge is -2.34. The third-order valence-corrected chi connectivity index (χ3v) is 3.89. The summed E-state index contributed by atoms with van der Waals surface area (Å²) in [5.41, 5.74) is 1.29. The molecule has 3 heteroatoms. The van der Waals surface area contributed by atoms with Gasteiger partial charge in [0.1, 0.15) is 0 Å². The highest BCUT2D eigenvalue weighted by Crippen LogP contribution is 2.05. The normalized spacial score (nSPS) is 18.2. The molecule has 0 saturated carbocycles. The van der Waals surface area contributed by atoms with E-state index in [-0.39, 0.29) is 0 Å². The average molecular weight is 276 g/mol. The number of piperazine rings is 1. The molecule has 1 fully saturated rings. The van der Waals surface area contributed by atoms with Crippen LogP contribution in [0.1, 0.15) is 12.0 Å². The summed E-state index contributed by atoms with van der Waals surface area (Å²) in [5.74, 6) is 1.00. The molecule has 0 atom stereocenters. The summed E-state index contributed by atoms with van der Waals surface area (Å²) in [7, 11) is 0. The van der Waals surface area contributed by atoms with Crippen molar-refractivity contribution in [2.45, 2.75) is 6.42 Å². The van der Waals surface area contributed by atoms with Crippen molar-refractivity contribution < 1.29 is 0 Å². The molecule has 0 amide bonds. The first-order valence-electron chi connectivity index (χ1n) is 7.15. The SMILES string of the molecule is SCCCN1CCN(C/C=C/c2ccccc2)CC1. The standard InChI is InChI=1S/C16H24N2S/c19-15-5-10-18-13-11-17(12-14-18)9-4-8-16-6-2-1-3-7-16/h1-4,6-8,19H,5,9-15H2/b8-4+. The maximum Gasteiger partial charge on any atom is 0.0167 e. The number of hydrogen-bond donors (Lipinski definition) is 1. The fourth-order valence-corrected chi connectivity index (χ4v) is 2.53. The lowest BCUT2D eigenvalue weighted by Crippen LogP contribution is -2.46. The van der Waals surface area contributed by atoms with Crippen LogP contribution >= 0.6 is 12.6 Å². The quantitative estimate of drug-likeness (QED) is 0.798. The van der Waals surface area contributed by atoms with E-state index in [1.165, 1.54) is 44.7 Å². The minimum Gasteiger partial charge on any atom is -0.301 e. The average Bonchev–Trinajstić information content (AvgIpc) is 2.47. The third kappa shape index (κ3) is 5.39. The minimum absolute atomic E-state index is 1.00. The summed E-state index contributed by atoms with van der Waals surface area (Å²) < 4.78 is 0. The second kappa shape index (κ2) is 8.41. The lowest BCUT2D eigenvalue weighted by atomic mass is 10.2. The van der Waals surface area contributed by atoms with Gasteiger partial charge < -0.3 is 4.90 Å². The molecule has 1 aliphatic rings. The van der Waals surface area contributed by atoms with Gasteiger partial charge in [0.25, 0.3) is 0 Å². The molecule has 0 N–H and O–H groups in total. The Morgan fingerprint density at radius 3 is 2.37 bits per heavy atom. The summed E-state index contributed by atoms with van der Waals surface area (Å²) in [6.45, 7) is 7.05. The van der Waals surface area contributed by atoms with E-state index in [1.807, 2.05) is 0 Å². The second-order valence-corrected chi connectivity index (χ2v) is 5.48. The maximum absolute atomic E-state index is 4.27. The zero-order valence-electron chi connectivity index (χ0n) is 11.5. The first kappa shape index (κ1) is 14.6. The summed E-state index contributed by atoms with van der Waals surface area (Å²) in [6.07, 6.45) is 5.70. The molecule has 0 spiro atoms. The molecule has 1 aliphatic heterocycles. The number of benzene rings is 1. The van der Waals surface area contributed by atoms with E-state index in [0.29, 0.717) is 0 Å². The van der Waals surface area contributed by atoms with Crippen molar-refractivity contribution in [3.05, 3.63) is 42.0 Å². The van der Waals surface area contributed by atoms with Gasteiger partial charge in [-0.1, -0.05) is 42.5 Å². The Morgan fingerprint density at radius 2 is 1.68 bits per heavy atom. The molecule has 2 nitrogen and oxygen atoms in total. The van der Waals surface area contributed by atoms with E-state index >= 15 is 0 Å². The monoisotopic (exact) mass is 276 g/mol. The van der Waals surface area contributed by atoms with Crippen LogP contribution in [-0.4, -0.2) is 54.8 Å². The van der Waals surface area contributed by atoms with Crippen LogP contribution in [0.5, 0.6) is 0 Å².